The number of alkyl halides is 1. The van der Waals surface area contributed by atoms with Gasteiger partial charge >= 0.3 is 0 Å². The van der Waals surface area contributed by atoms with E-state index in [0.29, 0.717) is 12.5 Å². The molecular formula is C19H19ClO. The number of hydrogen-bond acceptors (Lipinski definition) is 1. The van der Waals surface area contributed by atoms with E-state index in [2.05, 4.69) is 43.9 Å². The molecule has 0 aliphatic rings. The average molecular weight is 299 g/mol. The van der Waals surface area contributed by atoms with Crippen molar-refractivity contribution in [3.05, 3.63) is 64.2 Å². The van der Waals surface area contributed by atoms with Crippen LogP contribution in [0.1, 0.15) is 27.8 Å². The van der Waals surface area contributed by atoms with Gasteiger partial charge in [-0.15, -0.1) is 11.6 Å². The second-order valence-corrected chi connectivity index (χ2v) is 5.39. The van der Waals surface area contributed by atoms with E-state index >= 15 is 0 Å². The van der Waals surface area contributed by atoms with Crippen LogP contribution >= 0.6 is 11.6 Å². The van der Waals surface area contributed by atoms with Crippen molar-refractivity contribution in [2.24, 2.45) is 0 Å². The van der Waals surface area contributed by atoms with Gasteiger partial charge in [0.1, 0.15) is 12.4 Å². The smallest absolute Gasteiger partial charge is 0.122 e. The molecule has 0 heterocycles. The Morgan fingerprint density at radius 1 is 0.952 bits per heavy atom. The molecule has 0 saturated carbocycles. The van der Waals surface area contributed by atoms with E-state index in [1.165, 1.54) is 16.7 Å². The van der Waals surface area contributed by atoms with E-state index in [4.69, 9.17) is 16.3 Å². The Kier molecular flexibility index (Phi) is 5.31. The van der Waals surface area contributed by atoms with Crippen LogP contribution in [-0.4, -0.2) is 5.88 Å². The fraction of sp³-hybridized carbons (Fsp3) is 0.263. The van der Waals surface area contributed by atoms with Crippen molar-refractivity contribution in [1.82, 2.24) is 0 Å². The minimum atomic E-state index is 0.351. The molecule has 0 unspecified atom stereocenters. The summed E-state index contributed by atoms with van der Waals surface area (Å²) in [5.41, 5.74) is 5.83. The van der Waals surface area contributed by atoms with E-state index in [1.807, 2.05) is 25.1 Å². The number of hydrogen-bond donors (Lipinski definition) is 0. The normalized spacial score (nSPS) is 9.90. The van der Waals surface area contributed by atoms with Gasteiger partial charge in [-0.25, -0.2) is 0 Å². The third kappa shape index (κ3) is 4.28. The van der Waals surface area contributed by atoms with Gasteiger partial charge in [-0.3, -0.25) is 0 Å². The van der Waals surface area contributed by atoms with Gasteiger partial charge in [0.2, 0.25) is 0 Å². The SMILES string of the molecule is Cc1ccc(COc2ccc(C#CCCl)cc2C)cc1C. The first kappa shape index (κ1) is 15.5. The molecule has 0 aromatic heterocycles. The quantitative estimate of drug-likeness (QED) is 0.585. The van der Waals surface area contributed by atoms with E-state index in [0.717, 1.165) is 16.9 Å². The lowest BCUT2D eigenvalue weighted by molar-refractivity contribution is 0.304. The summed E-state index contributed by atoms with van der Waals surface area (Å²) in [7, 11) is 0. The standard InChI is InChI=1S/C19H19ClO/c1-14-6-7-18(11-15(14)2)13-21-19-9-8-17(5-4-10-20)12-16(19)3/h6-9,11-12H,10,13H2,1-3H3. The summed E-state index contributed by atoms with van der Waals surface area (Å²) < 4.78 is 5.90. The molecule has 0 N–H and O–H groups in total. The van der Waals surface area contributed by atoms with E-state index in [9.17, 15) is 0 Å². The molecule has 0 atom stereocenters. The lowest BCUT2D eigenvalue weighted by atomic mass is 10.1. The predicted octanol–water partition coefficient (Wildman–Crippen LogP) is 4.78. The van der Waals surface area contributed by atoms with Crippen molar-refractivity contribution >= 4 is 11.6 Å². The van der Waals surface area contributed by atoms with Gasteiger partial charge in [-0.05, 0) is 61.2 Å². The Hall–Kier alpha value is -1.91. The summed E-state index contributed by atoms with van der Waals surface area (Å²) in [6.07, 6.45) is 0. The summed E-state index contributed by atoms with van der Waals surface area (Å²) in [4.78, 5) is 0. The van der Waals surface area contributed by atoms with Crippen LogP contribution in [0.2, 0.25) is 0 Å². The molecule has 0 radical (unpaired) electrons. The fourth-order valence-electron chi connectivity index (χ4n) is 2.08. The molecule has 0 fully saturated rings. The zero-order valence-electron chi connectivity index (χ0n) is 12.7. The summed E-state index contributed by atoms with van der Waals surface area (Å²) in [5, 5.41) is 0. The summed E-state index contributed by atoms with van der Waals surface area (Å²) in [6, 6.07) is 12.4. The maximum Gasteiger partial charge on any atom is 0.122 e. The Balaban J connectivity index is 2.07. The molecule has 2 heteroatoms. The highest BCUT2D eigenvalue weighted by Gasteiger charge is 2.02. The number of aryl methyl sites for hydroxylation is 3. The maximum atomic E-state index is 5.90. The first-order valence-corrected chi connectivity index (χ1v) is 7.48. The van der Waals surface area contributed by atoms with Gasteiger partial charge in [0.15, 0.2) is 0 Å². The molecule has 21 heavy (non-hydrogen) atoms. The summed E-state index contributed by atoms with van der Waals surface area (Å²) >= 11 is 5.57. The van der Waals surface area contributed by atoms with Crippen LogP contribution in [-0.2, 0) is 6.61 Å². The Morgan fingerprint density at radius 2 is 1.76 bits per heavy atom. The van der Waals surface area contributed by atoms with E-state index < -0.39 is 0 Å². The van der Waals surface area contributed by atoms with Crippen molar-refractivity contribution in [3.8, 4) is 17.6 Å². The largest absolute Gasteiger partial charge is 0.489 e. The molecule has 0 bridgehead atoms. The van der Waals surface area contributed by atoms with Gasteiger partial charge in [-0.1, -0.05) is 30.0 Å². The molecule has 0 spiro atoms. The predicted molar refractivity (Wildman–Crippen MR) is 89.0 cm³/mol. The summed E-state index contributed by atoms with van der Waals surface area (Å²) in [6.45, 7) is 6.84. The molecule has 1 nitrogen and oxygen atoms in total. The number of benzene rings is 2. The second kappa shape index (κ2) is 7.20. The van der Waals surface area contributed by atoms with Crippen molar-refractivity contribution in [2.45, 2.75) is 27.4 Å². The third-order valence-electron chi connectivity index (χ3n) is 3.44. The van der Waals surface area contributed by atoms with E-state index in [-0.39, 0.29) is 0 Å². The monoisotopic (exact) mass is 298 g/mol. The third-order valence-corrected chi connectivity index (χ3v) is 3.57. The lowest BCUT2D eigenvalue weighted by Gasteiger charge is -2.10. The molecule has 0 aliphatic carbocycles. The minimum Gasteiger partial charge on any atom is -0.489 e. The zero-order valence-corrected chi connectivity index (χ0v) is 13.4. The maximum absolute atomic E-state index is 5.90. The second-order valence-electron chi connectivity index (χ2n) is 5.12. The Bertz CT molecular complexity index is 692. The highest BCUT2D eigenvalue weighted by molar-refractivity contribution is 6.19. The van der Waals surface area contributed by atoms with Crippen LogP contribution in [0.4, 0.5) is 0 Å². The first-order valence-electron chi connectivity index (χ1n) is 6.94. The van der Waals surface area contributed by atoms with E-state index in [1.54, 1.807) is 0 Å². The minimum absolute atomic E-state index is 0.351. The number of halogens is 1. The van der Waals surface area contributed by atoms with Crippen LogP contribution in [0.15, 0.2) is 36.4 Å². The van der Waals surface area contributed by atoms with Gasteiger partial charge in [-0.2, -0.15) is 0 Å². The highest BCUT2D eigenvalue weighted by atomic mass is 35.5. The molecule has 108 valence electrons. The average Bonchev–Trinajstić information content (AvgIpc) is 2.47. The molecule has 0 saturated heterocycles. The van der Waals surface area contributed by atoms with Crippen LogP contribution in [0.3, 0.4) is 0 Å². The Morgan fingerprint density at radius 3 is 2.43 bits per heavy atom. The van der Waals surface area contributed by atoms with Gasteiger partial charge in [0.25, 0.3) is 0 Å². The number of rotatable bonds is 3. The van der Waals surface area contributed by atoms with Gasteiger partial charge in [0, 0.05) is 5.56 Å². The highest BCUT2D eigenvalue weighted by Crippen LogP contribution is 2.20. The molecule has 0 aliphatic heterocycles. The van der Waals surface area contributed by atoms with Gasteiger partial charge in [0.05, 0.1) is 5.88 Å². The molecule has 2 aromatic rings. The van der Waals surface area contributed by atoms with Crippen LogP contribution in [0.5, 0.6) is 5.75 Å². The fourth-order valence-corrected chi connectivity index (χ4v) is 2.15. The molecule has 2 rings (SSSR count). The topological polar surface area (TPSA) is 9.23 Å². The van der Waals surface area contributed by atoms with Crippen LogP contribution < -0.4 is 4.74 Å². The van der Waals surface area contributed by atoms with Crippen LogP contribution in [0.25, 0.3) is 0 Å². The number of ether oxygens (including phenoxy) is 1. The lowest BCUT2D eigenvalue weighted by Crippen LogP contribution is -1.98. The van der Waals surface area contributed by atoms with Crippen LogP contribution in [0, 0.1) is 32.6 Å². The molecule has 0 amide bonds. The molecule has 2 aromatic carbocycles. The van der Waals surface area contributed by atoms with Gasteiger partial charge < -0.3 is 4.74 Å². The van der Waals surface area contributed by atoms with Crippen molar-refractivity contribution in [2.75, 3.05) is 5.88 Å². The first-order chi connectivity index (χ1) is 10.1. The Labute approximate surface area is 131 Å². The van der Waals surface area contributed by atoms with Crippen molar-refractivity contribution in [1.29, 1.82) is 0 Å². The van der Waals surface area contributed by atoms with Crippen molar-refractivity contribution < 1.29 is 4.74 Å². The zero-order chi connectivity index (χ0) is 15.2. The summed E-state index contributed by atoms with van der Waals surface area (Å²) in [5.74, 6) is 7.11. The van der Waals surface area contributed by atoms with Crippen molar-refractivity contribution in [3.63, 3.8) is 0 Å². The molecular weight excluding hydrogens is 280 g/mol.